The van der Waals surface area contributed by atoms with Crippen LogP contribution in [-0.4, -0.2) is 61.0 Å². The van der Waals surface area contributed by atoms with E-state index in [0.717, 1.165) is 7.11 Å². The third kappa shape index (κ3) is 3.25. The molecule has 86 valence electrons. The van der Waals surface area contributed by atoms with Gasteiger partial charge in [0.1, 0.15) is 20.1 Å². The largest absolute Gasteiger partial charge is 0.472 e. The number of hydrogen-bond acceptors (Lipinski definition) is 6. The predicted octanol–water partition coefficient (Wildman–Crippen LogP) is -1.64. The van der Waals surface area contributed by atoms with Crippen molar-refractivity contribution in [2.75, 3.05) is 13.7 Å². The highest BCUT2D eigenvalue weighted by atomic mass is 31.2. The molecule has 9 heteroatoms. The molecule has 1 heterocycles. The summed E-state index contributed by atoms with van der Waals surface area (Å²) in [5.74, 6) is 0. The molecule has 1 aliphatic rings. The molecule has 0 spiro atoms. The van der Waals surface area contributed by atoms with E-state index in [1.165, 1.54) is 0 Å². The molecule has 0 aromatic carbocycles. The molecule has 0 amide bonds. The minimum atomic E-state index is -4.11. The zero-order chi connectivity index (χ0) is 11.6. The molecule has 2 radical (unpaired) electrons. The van der Waals surface area contributed by atoms with Crippen LogP contribution in [0.4, 0.5) is 0 Å². The molecular formula is C6H12BO7P. The molecule has 0 saturated carbocycles. The number of hydrogen-bond donors (Lipinski definition) is 3. The number of aliphatic hydroxyl groups excluding tert-OH is 2. The summed E-state index contributed by atoms with van der Waals surface area (Å²) in [5.41, 5.74) is 0. The number of aliphatic hydroxyl groups is 2. The quantitative estimate of drug-likeness (QED) is 0.398. The van der Waals surface area contributed by atoms with Crippen molar-refractivity contribution in [1.82, 2.24) is 0 Å². The van der Waals surface area contributed by atoms with Gasteiger partial charge in [0.2, 0.25) is 0 Å². The van der Waals surface area contributed by atoms with Crippen LogP contribution in [0.15, 0.2) is 0 Å². The minimum Gasteiger partial charge on any atom is -0.388 e. The molecule has 1 saturated heterocycles. The van der Waals surface area contributed by atoms with Crippen molar-refractivity contribution in [1.29, 1.82) is 0 Å². The van der Waals surface area contributed by atoms with E-state index in [2.05, 4.69) is 9.05 Å². The molecular weight excluding hydrogens is 226 g/mol. The molecule has 15 heavy (non-hydrogen) atoms. The Labute approximate surface area is 88.0 Å². The maximum atomic E-state index is 10.9. The summed E-state index contributed by atoms with van der Waals surface area (Å²) in [4.78, 5) is 8.88. The molecule has 0 bridgehead atoms. The lowest BCUT2D eigenvalue weighted by Gasteiger charge is -2.16. The van der Waals surface area contributed by atoms with Crippen LogP contribution in [0.25, 0.3) is 0 Å². The second-order valence-electron chi connectivity index (χ2n) is 3.07. The first kappa shape index (κ1) is 13.1. The lowest BCUT2D eigenvalue weighted by Crippen LogP contribution is -2.34. The highest BCUT2D eigenvalue weighted by molar-refractivity contribution is 7.47. The van der Waals surface area contributed by atoms with Crippen LogP contribution in [0.1, 0.15) is 0 Å². The van der Waals surface area contributed by atoms with Crippen LogP contribution in [0.5, 0.6) is 0 Å². The van der Waals surface area contributed by atoms with Crippen molar-refractivity contribution in [3.8, 4) is 0 Å². The first-order chi connectivity index (χ1) is 6.87. The molecule has 0 aliphatic carbocycles. The normalized spacial score (nSPS) is 40.3. The first-order valence-electron chi connectivity index (χ1n) is 4.17. The summed E-state index contributed by atoms with van der Waals surface area (Å²) in [6.45, 7) is -0.395. The van der Waals surface area contributed by atoms with Gasteiger partial charge in [0.15, 0.2) is 0 Å². The molecule has 0 aromatic heterocycles. The standard InChI is InChI=1S/C6H12BO7P/c1-12-15(10,11)13-2-3-4(8)5(9)6(7)14-3/h3-6,8-9H,2H2,1H3,(H,10,11)/t3-,4?,5+,6-/m1/s1. The summed E-state index contributed by atoms with van der Waals surface area (Å²) in [6.07, 6.45) is -3.44. The summed E-state index contributed by atoms with van der Waals surface area (Å²) >= 11 is 0. The van der Waals surface area contributed by atoms with Gasteiger partial charge in [0, 0.05) is 13.1 Å². The van der Waals surface area contributed by atoms with Gasteiger partial charge in [-0.1, -0.05) is 0 Å². The van der Waals surface area contributed by atoms with Gasteiger partial charge < -0.3 is 19.8 Å². The Balaban J connectivity index is 2.44. The van der Waals surface area contributed by atoms with Gasteiger partial charge in [-0.05, 0) is 0 Å². The highest BCUT2D eigenvalue weighted by Gasteiger charge is 2.40. The fourth-order valence-corrected chi connectivity index (χ4v) is 1.58. The Morgan fingerprint density at radius 1 is 1.47 bits per heavy atom. The smallest absolute Gasteiger partial charge is 0.388 e. The van der Waals surface area contributed by atoms with Gasteiger partial charge in [-0.15, -0.1) is 0 Å². The average molecular weight is 238 g/mol. The molecule has 1 aliphatic heterocycles. The Hall–Kier alpha value is 0.0549. The van der Waals surface area contributed by atoms with E-state index in [4.69, 9.17) is 17.5 Å². The van der Waals surface area contributed by atoms with Crippen LogP contribution in [0.3, 0.4) is 0 Å². The van der Waals surface area contributed by atoms with Crippen molar-refractivity contribution in [3.05, 3.63) is 0 Å². The van der Waals surface area contributed by atoms with E-state index in [-0.39, 0.29) is 0 Å². The van der Waals surface area contributed by atoms with Crippen molar-refractivity contribution in [2.45, 2.75) is 24.3 Å². The van der Waals surface area contributed by atoms with Gasteiger partial charge >= 0.3 is 7.82 Å². The van der Waals surface area contributed by atoms with Gasteiger partial charge in [-0.25, -0.2) is 4.57 Å². The molecule has 2 unspecified atom stereocenters. The van der Waals surface area contributed by atoms with Crippen molar-refractivity contribution in [3.63, 3.8) is 0 Å². The van der Waals surface area contributed by atoms with Crippen LogP contribution in [-0.2, 0) is 18.3 Å². The van der Waals surface area contributed by atoms with Crippen molar-refractivity contribution < 1.29 is 33.5 Å². The zero-order valence-corrected chi connectivity index (χ0v) is 8.91. The Morgan fingerprint density at radius 3 is 2.47 bits per heavy atom. The van der Waals surface area contributed by atoms with Gasteiger partial charge in [-0.2, -0.15) is 0 Å². The zero-order valence-electron chi connectivity index (χ0n) is 8.02. The van der Waals surface area contributed by atoms with E-state index < -0.39 is 38.7 Å². The predicted molar refractivity (Wildman–Crippen MR) is 49.2 cm³/mol. The van der Waals surface area contributed by atoms with E-state index in [9.17, 15) is 14.8 Å². The van der Waals surface area contributed by atoms with Crippen molar-refractivity contribution >= 4 is 15.7 Å². The maximum absolute atomic E-state index is 10.9. The number of rotatable bonds is 4. The minimum absolute atomic E-state index is 0.395. The molecule has 1 fully saturated rings. The molecule has 7 nitrogen and oxygen atoms in total. The summed E-state index contributed by atoms with van der Waals surface area (Å²) in [7, 11) is 2.18. The van der Waals surface area contributed by atoms with Gasteiger partial charge in [-0.3, -0.25) is 9.05 Å². The number of phosphoric acid groups is 1. The fraction of sp³-hybridized carbons (Fsp3) is 1.00. The monoisotopic (exact) mass is 238 g/mol. The van der Waals surface area contributed by atoms with Crippen LogP contribution < -0.4 is 0 Å². The Kier molecular flexibility index (Phi) is 4.31. The highest BCUT2D eigenvalue weighted by Crippen LogP contribution is 2.42. The van der Waals surface area contributed by atoms with Gasteiger partial charge in [0.05, 0.1) is 12.7 Å². The second-order valence-corrected chi connectivity index (χ2v) is 4.63. The first-order valence-corrected chi connectivity index (χ1v) is 5.67. The summed E-state index contributed by atoms with van der Waals surface area (Å²) in [6, 6.07) is -1.03. The molecule has 1 rings (SSSR count). The lowest BCUT2D eigenvalue weighted by molar-refractivity contribution is -0.00994. The average Bonchev–Trinajstić information content (AvgIpc) is 2.43. The van der Waals surface area contributed by atoms with E-state index >= 15 is 0 Å². The third-order valence-corrected chi connectivity index (χ3v) is 2.97. The Bertz CT molecular complexity index is 262. The summed E-state index contributed by atoms with van der Waals surface area (Å²) < 4.78 is 24.4. The lowest BCUT2D eigenvalue weighted by atomic mass is 9.93. The third-order valence-electron chi connectivity index (χ3n) is 2.03. The van der Waals surface area contributed by atoms with E-state index in [0.29, 0.717) is 0 Å². The maximum Gasteiger partial charge on any atom is 0.472 e. The second kappa shape index (κ2) is 4.92. The van der Waals surface area contributed by atoms with E-state index in [1.54, 1.807) is 0 Å². The van der Waals surface area contributed by atoms with Crippen molar-refractivity contribution in [2.24, 2.45) is 0 Å². The molecule has 5 atom stereocenters. The van der Waals surface area contributed by atoms with Crippen LogP contribution in [0.2, 0.25) is 0 Å². The number of phosphoric ester groups is 1. The summed E-state index contributed by atoms with van der Waals surface area (Å²) in [5, 5.41) is 18.6. The SMILES string of the molecule is [B][C@@H]1O[C@H](COP(=O)(O)OC)C(O)[C@@H]1O. The van der Waals surface area contributed by atoms with Crippen LogP contribution in [0, 0.1) is 0 Å². The van der Waals surface area contributed by atoms with Crippen LogP contribution >= 0.6 is 7.82 Å². The molecule has 0 aromatic rings. The Morgan fingerprint density at radius 2 is 2.07 bits per heavy atom. The fourth-order valence-electron chi connectivity index (χ4n) is 1.14. The molecule has 3 N–H and O–H groups in total. The topological polar surface area (TPSA) is 105 Å². The van der Waals surface area contributed by atoms with E-state index in [1.807, 2.05) is 0 Å². The number of ether oxygens (including phenoxy) is 1. The van der Waals surface area contributed by atoms with Gasteiger partial charge in [0.25, 0.3) is 0 Å².